The summed E-state index contributed by atoms with van der Waals surface area (Å²) in [6.45, 7) is 4.77. The Morgan fingerprint density at radius 2 is 2.25 bits per heavy atom. The van der Waals surface area contributed by atoms with Crippen molar-refractivity contribution in [1.82, 2.24) is 9.78 Å². The molecule has 1 aromatic heterocycles. The molecule has 1 heterocycles. The first-order chi connectivity index (χ1) is 9.55. The van der Waals surface area contributed by atoms with Gasteiger partial charge in [0.05, 0.1) is 11.1 Å². The van der Waals surface area contributed by atoms with Gasteiger partial charge >= 0.3 is 0 Å². The summed E-state index contributed by atoms with van der Waals surface area (Å²) in [6, 6.07) is 5.98. The molecule has 0 spiro atoms. The second-order valence-corrected chi connectivity index (χ2v) is 4.97. The van der Waals surface area contributed by atoms with Gasteiger partial charge in [-0.3, -0.25) is 9.48 Å². The first kappa shape index (κ1) is 13.9. The van der Waals surface area contributed by atoms with E-state index in [1.807, 2.05) is 13.8 Å². The molecular formula is C15H14FN3O. The molecule has 2 aromatic rings. The number of halogens is 1. The maximum atomic E-state index is 13.6. The number of carbonyl (C=O) groups excluding carboxylic acids is 1. The van der Waals surface area contributed by atoms with Crippen LogP contribution in [0.1, 0.15) is 29.8 Å². The molecule has 0 aliphatic rings. The second-order valence-electron chi connectivity index (χ2n) is 4.97. The van der Waals surface area contributed by atoms with Crippen molar-refractivity contribution < 1.29 is 9.18 Å². The van der Waals surface area contributed by atoms with Crippen LogP contribution < -0.4 is 0 Å². The van der Waals surface area contributed by atoms with Crippen molar-refractivity contribution in [3.63, 3.8) is 0 Å². The van der Waals surface area contributed by atoms with E-state index in [0.29, 0.717) is 35.6 Å². The number of aldehydes is 1. The molecule has 0 amide bonds. The molecule has 0 unspecified atom stereocenters. The smallest absolute Gasteiger partial charge is 0.153 e. The predicted octanol–water partition coefficient (Wildman–Crippen LogP) is 3.03. The fourth-order valence-electron chi connectivity index (χ4n) is 1.97. The van der Waals surface area contributed by atoms with Crippen LogP contribution in [0.15, 0.2) is 24.4 Å². The van der Waals surface area contributed by atoms with Gasteiger partial charge in [-0.2, -0.15) is 10.4 Å². The Balaban J connectivity index is 2.46. The maximum absolute atomic E-state index is 13.6. The van der Waals surface area contributed by atoms with Gasteiger partial charge in [0.1, 0.15) is 17.6 Å². The van der Waals surface area contributed by atoms with Crippen LogP contribution in [0.25, 0.3) is 11.3 Å². The lowest BCUT2D eigenvalue weighted by Gasteiger charge is -2.04. The molecule has 102 valence electrons. The summed E-state index contributed by atoms with van der Waals surface area (Å²) in [5, 5.41) is 13.0. The topological polar surface area (TPSA) is 58.7 Å². The summed E-state index contributed by atoms with van der Waals surface area (Å²) in [5.74, 6) is -0.222. The first-order valence-corrected chi connectivity index (χ1v) is 6.27. The largest absolute Gasteiger partial charge is 0.298 e. The lowest BCUT2D eigenvalue weighted by atomic mass is 10.1. The average Bonchev–Trinajstić information content (AvgIpc) is 2.80. The van der Waals surface area contributed by atoms with Crippen LogP contribution in [-0.2, 0) is 6.54 Å². The SMILES string of the molecule is CC(C)Cn1cc(C=O)c(-c2ccc(C#N)c(F)c2)n1. The fourth-order valence-corrected chi connectivity index (χ4v) is 1.97. The van der Waals surface area contributed by atoms with Crippen molar-refractivity contribution in [3.8, 4) is 17.3 Å². The highest BCUT2D eigenvalue weighted by molar-refractivity contribution is 5.85. The number of nitrogens with zero attached hydrogens (tertiary/aromatic N) is 3. The average molecular weight is 271 g/mol. The summed E-state index contributed by atoms with van der Waals surface area (Å²) in [6.07, 6.45) is 2.35. The van der Waals surface area contributed by atoms with Crippen molar-refractivity contribution in [3.05, 3.63) is 41.3 Å². The highest BCUT2D eigenvalue weighted by atomic mass is 19.1. The van der Waals surface area contributed by atoms with E-state index in [4.69, 9.17) is 5.26 Å². The van der Waals surface area contributed by atoms with Gasteiger partial charge in [-0.25, -0.2) is 4.39 Å². The molecule has 20 heavy (non-hydrogen) atoms. The minimum atomic E-state index is -0.611. The summed E-state index contributed by atoms with van der Waals surface area (Å²) < 4.78 is 15.3. The first-order valence-electron chi connectivity index (χ1n) is 6.27. The van der Waals surface area contributed by atoms with Gasteiger partial charge in [0.2, 0.25) is 0 Å². The Labute approximate surface area is 116 Å². The zero-order valence-corrected chi connectivity index (χ0v) is 11.3. The molecule has 2 rings (SSSR count). The summed E-state index contributed by atoms with van der Waals surface area (Å²) in [5.41, 5.74) is 1.31. The number of carbonyl (C=O) groups is 1. The predicted molar refractivity (Wildman–Crippen MR) is 72.6 cm³/mol. The van der Waals surface area contributed by atoms with E-state index in [-0.39, 0.29) is 5.56 Å². The zero-order valence-electron chi connectivity index (χ0n) is 11.3. The van der Waals surface area contributed by atoms with Crippen LogP contribution in [0.2, 0.25) is 0 Å². The molecule has 0 atom stereocenters. The number of rotatable bonds is 4. The molecule has 1 aromatic carbocycles. The van der Waals surface area contributed by atoms with E-state index < -0.39 is 5.82 Å². The maximum Gasteiger partial charge on any atom is 0.153 e. The molecule has 0 fully saturated rings. The van der Waals surface area contributed by atoms with Crippen LogP contribution >= 0.6 is 0 Å². The molecule has 4 nitrogen and oxygen atoms in total. The third kappa shape index (κ3) is 2.75. The third-order valence-electron chi connectivity index (χ3n) is 2.83. The van der Waals surface area contributed by atoms with E-state index in [9.17, 15) is 9.18 Å². The Morgan fingerprint density at radius 3 is 2.80 bits per heavy atom. The Hall–Kier alpha value is -2.48. The minimum Gasteiger partial charge on any atom is -0.298 e. The number of nitriles is 1. The third-order valence-corrected chi connectivity index (χ3v) is 2.83. The number of hydrogen-bond acceptors (Lipinski definition) is 3. The van der Waals surface area contributed by atoms with Crippen LogP contribution in [0.5, 0.6) is 0 Å². The van der Waals surface area contributed by atoms with Crippen molar-refractivity contribution in [2.24, 2.45) is 5.92 Å². The summed E-state index contributed by atoms with van der Waals surface area (Å²) in [4.78, 5) is 11.1. The Bertz CT molecular complexity index is 683. The molecule has 0 N–H and O–H groups in total. The molecule has 0 saturated carbocycles. The van der Waals surface area contributed by atoms with Crippen LogP contribution in [-0.4, -0.2) is 16.1 Å². The van der Waals surface area contributed by atoms with E-state index in [1.54, 1.807) is 23.0 Å². The molecule has 0 saturated heterocycles. The molecule has 5 heteroatoms. The fraction of sp³-hybridized carbons (Fsp3) is 0.267. The van der Waals surface area contributed by atoms with Crippen molar-refractivity contribution in [2.75, 3.05) is 0 Å². The Morgan fingerprint density at radius 1 is 1.50 bits per heavy atom. The van der Waals surface area contributed by atoms with Gasteiger partial charge in [0, 0.05) is 18.3 Å². The summed E-state index contributed by atoms with van der Waals surface area (Å²) >= 11 is 0. The number of aromatic nitrogens is 2. The van der Waals surface area contributed by atoms with Gasteiger partial charge in [-0.05, 0) is 18.1 Å². The van der Waals surface area contributed by atoms with E-state index in [0.717, 1.165) is 0 Å². The van der Waals surface area contributed by atoms with Crippen LogP contribution in [0.4, 0.5) is 4.39 Å². The van der Waals surface area contributed by atoms with Crippen molar-refractivity contribution >= 4 is 6.29 Å². The highest BCUT2D eigenvalue weighted by Gasteiger charge is 2.13. The van der Waals surface area contributed by atoms with Crippen molar-refractivity contribution in [1.29, 1.82) is 5.26 Å². The van der Waals surface area contributed by atoms with Crippen LogP contribution in [0.3, 0.4) is 0 Å². The zero-order chi connectivity index (χ0) is 14.7. The van der Waals surface area contributed by atoms with Gasteiger partial charge in [-0.15, -0.1) is 0 Å². The molecular weight excluding hydrogens is 257 g/mol. The van der Waals surface area contributed by atoms with E-state index in [1.165, 1.54) is 12.1 Å². The van der Waals surface area contributed by atoms with Crippen LogP contribution in [0, 0.1) is 23.1 Å². The molecule has 0 aliphatic carbocycles. The quantitative estimate of drug-likeness (QED) is 0.803. The number of hydrogen-bond donors (Lipinski definition) is 0. The van der Waals surface area contributed by atoms with Gasteiger partial charge in [0.15, 0.2) is 6.29 Å². The molecule has 0 aliphatic heterocycles. The highest BCUT2D eigenvalue weighted by Crippen LogP contribution is 2.23. The lowest BCUT2D eigenvalue weighted by Crippen LogP contribution is -2.04. The van der Waals surface area contributed by atoms with Gasteiger partial charge < -0.3 is 0 Å². The molecule has 0 bridgehead atoms. The minimum absolute atomic E-state index is 0.0250. The van der Waals surface area contributed by atoms with Gasteiger partial charge in [0.25, 0.3) is 0 Å². The van der Waals surface area contributed by atoms with Gasteiger partial charge in [-0.1, -0.05) is 19.9 Å². The normalized spacial score (nSPS) is 10.6. The Kier molecular flexibility index (Phi) is 3.94. The van der Waals surface area contributed by atoms with Crippen molar-refractivity contribution in [2.45, 2.75) is 20.4 Å². The summed E-state index contributed by atoms with van der Waals surface area (Å²) in [7, 11) is 0. The number of benzene rings is 1. The van der Waals surface area contributed by atoms with E-state index >= 15 is 0 Å². The lowest BCUT2D eigenvalue weighted by molar-refractivity contribution is 0.112. The standard InChI is InChI=1S/C15H14FN3O/c1-10(2)7-19-8-13(9-20)15(18-19)11-3-4-12(6-17)14(16)5-11/h3-5,8-10H,7H2,1-2H3. The molecule has 0 radical (unpaired) electrons. The monoisotopic (exact) mass is 271 g/mol. The second kappa shape index (κ2) is 5.66. The van der Waals surface area contributed by atoms with E-state index in [2.05, 4.69) is 5.10 Å².